The van der Waals surface area contributed by atoms with Crippen LogP contribution in [-0.2, 0) is 29.4 Å². The van der Waals surface area contributed by atoms with Crippen molar-refractivity contribution in [2.75, 3.05) is 13.7 Å². The maximum absolute atomic E-state index is 16.4. The van der Waals surface area contributed by atoms with Crippen LogP contribution in [-0.4, -0.2) is 61.0 Å². The second kappa shape index (κ2) is 12.2. The van der Waals surface area contributed by atoms with Gasteiger partial charge in [0, 0.05) is 56.8 Å². The van der Waals surface area contributed by atoms with Gasteiger partial charge >= 0.3 is 0 Å². The molecule has 3 aromatic heterocycles. The summed E-state index contributed by atoms with van der Waals surface area (Å²) in [5, 5.41) is 5.09. The molecule has 8 rings (SSSR count). The predicted molar refractivity (Wildman–Crippen MR) is 187 cm³/mol. The van der Waals surface area contributed by atoms with Crippen LogP contribution in [0.2, 0.25) is 0 Å². The summed E-state index contributed by atoms with van der Waals surface area (Å²) < 4.78 is 47.1. The summed E-state index contributed by atoms with van der Waals surface area (Å²) in [6.07, 6.45) is 4.72. The highest BCUT2D eigenvalue weighted by atomic mass is 19.1. The second-order valence-electron chi connectivity index (χ2n) is 13.9. The first-order valence-corrected chi connectivity index (χ1v) is 17.3. The highest BCUT2D eigenvalue weighted by Gasteiger charge is 2.37. The van der Waals surface area contributed by atoms with Gasteiger partial charge in [-0.15, -0.1) is 0 Å². The molecule has 5 aromatic rings. The zero-order valence-corrected chi connectivity index (χ0v) is 29.0. The zero-order chi connectivity index (χ0) is 35.0. The number of nitrogens with zero attached hydrogens (tertiary/aromatic N) is 6. The third kappa shape index (κ3) is 5.12. The van der Waals surface area contributed by atoms with Gasteiger partial charge in [-0.25, -0.2) is 18.7 Å². The standard InChI is InChI=1S/C39H40F2N6O3/c1-7-35(48)46-19-20(2)47-33(21(46)3)18-31(44-47)39-36(37-29(41)14-24(40)15-34(37)50-26-16-25(17-26)49-6)27-9-8-10-28(27)38(43-39)23-11-12-32-30(13-23)42-22(4)45(32)5/h7,11-15,18,20-21,25-26H,1,8-10,16-17,19H2,2-6H3/t20-,21+,25?,26?/m0/s1. The Balaban J connectivity index is 1.37. The molecule has 50 heavy (non-hydrogen) atoms. The van der Waals surface area contributed by atoms with Crippen LogP contribution in [0.5, 0.6) is 5.75 Å². The van der Waals surface area contributed by atoms with Crippen LogP contribution in [0, 0.1) is 18.6 Å². The largest absolute Gasteiger partial charge is 0.489 e. The molecule has 2 aromatic carbocycles. The molecule has 0 N–H and O–H groups in total. The molecule has 1 aliphatic heterocycles. The number of fused-ring (bicyclic) bond motifs is 3. The lowest BCUT2D eigenvalue weighted by Gasteiger charge is -2.36. The number of ether oxygens (including phenoxy) is 2. The monoisotopic (exact) mass is 678 g/mol. The van der Waals surface area contributed by atoms with Gasteiger partial charge in [-0.3, -0.25) is 9.48 Å². The quantitative estimate of drug-likeness (QED) is 0.166. The van der Waals surface area contributed by atoms with Crippen LogP contribution >= 0.6 is 0 Å². The number of imidazole rings is 1. The van der Waals surface area contributed by atoms with Crippen molar-refractivity contribution in [1.82, 2.24) is 29.2 Å². The van der Waals surface area contributed by atoms with Gasteiger partial charge in [-0.05, 0) is 75.4 Å². The third-order valence-electron chi connectivity index (χ3n) is 10.8. The zero-order valence-electron chi connectivity index (χ0n) is 29.0. The minimum atomic E-state index is -0.716. The molecule has 1 saturated carbocycles. The lowest BCUT2D eigenvalue weighted by atomic mass is 9.89. The average molecular weight is 679 g/mol. The van der Waals surface area contributed by atoms with Crippen molar-refractivity contribution in [3.05, 3.63) is 83.3 Å². The van der Waals surface area contributed by atoms with E-state index in [9.17, 15) is 9.18 Å². The Morgan fingerprint density at radius 2 is 1.78 bits per heavy atom. The lowest BCUT2D eigenvalue weighted by Crippen LogP contribution is -2.42. The van der Waals surface area contributed by atoms with Gasteiger partial charge in [0.2, 0.25) is 5.91 Å². The second-order valence-corrected chi connectivity index (χ2v) is 13.9. The number of aromatic nitrogens is 5. The number of hydrogen-bond donors (Lipinski definition) is 0. The molecule has 3 aliphatic rings. The maximum Gasteiger partial charge on any atom is 0.246 e. The molecule has 9 nitrogen and oxygen atoms in total. The molecule has 11 heteroatoms. The number of halogens is 2. The molecule has 0 unspecified atom stereocenters. The van der Waals surface area contributed by atoms with Crippen LogP contribution < -0.4 is 4.74 Å². The first kappa shape index (κ1) is 32.3. The molecule has 1 amide bonds. The molecular formula is C39H40F2N6O3. The highest BCUT2D eigenvalue weighted by Crippen LogP contribution is 2.48. The molecule has 0 radical (unpaired) electrons. The van der Waals surface area contributed by atoms with E-state index >= 15 is 4.39 Å². The van der Waals surface area contributed by atoms with Gasteiger partial charge in [-0.1, -0.05) is 12.6 Å². The fourth-order valence-electron chi connectivity index (χ4n) is 7.96. The Hall–Kier alpha value is -4.90. The minimum absolute atomic E-state index is 0.0521. The van der Waals surface area contributed by atoms with E-state index in [4.69, 9.17) is 24.5 Å². The molecule has 4 heterocycles. The van der Waals surface area contributed by atoms with Crippen LogP contribution in [0.15, 0.2) is 49.1 Å². The summed E-state index contributed by atoms with van der Waals surface area (Å²) in [5.41, 5.74) is 8.20. The van der Waals surface area contributed by atoms with E-state index in [-0.39, 0.29) is 41.5 Å². The molecule has 0 bridgehead atoms. The van der Waals surface area contributed by atoms with Gasteiger partial charge in [0.25, 0.3) is 0 Å². The Kier molecular flexibility index (Phi) is 7.85. The average Bonchev–Trinajstić information content (AvgIpc) is 3.81. The Bertz CT molecular complexity index is 2200. The van der Waals surface area contributed by atoms with Crippen molar-refractivity contribution in [2.24, 2.45) is 7.05 Å². The molecular weight excluding hydrogens is 638 g/mol. The van der Waals surface area contributed by atoms with Crippen LogP contribution in [0.1, 0.15) is 67.8 Å². The number of pyridine rings is 1. The van der Waals surface area contributed by atoms with E-state index in [1.165, 1.54) is 12.1 Å². The van der Waals surface area contributed by atoms with Gasteiger partial charge in [0.15, 0.2) is 0 Å². The van der Waals surface area contributed by atoms with Crippen molar-refractivity contribution in [2.45, 2.75) is 77.2 Å². The number of methoxy groups -OCH3 is 1. The Morgan fingerprint density at radius 1 is 1.00 bits per heavy atom. The fourth-order valence-corrected chi connectivity index (χ4v) is 7.96. The van der Waals surface area contributed by atoms with Crippen LogP contribution in [0.4, 0.5) is 8.78 Å². The number of benzene rings is 2. The van der Waals surface area contributed by atoms with E-state index in [0.717, 1.165) is 63.8 Å². The van der Waals surface area contributed by atoms with Crippen molar-refractivity contribution in [1.29, 1.82) is 0 Å². The maximum atomic E-state index is 16.4. The van der Waals surface area contributed by atoms with E-state index in [1.54, 1.807) is 12.0 Å². The molecule has 2 atom stereocenters. The smallest absolute Gasteiger partial charge is 0.246 e. The van der Waals surface area contributed by atoms with E-state index in [2.05, 4.69) is 29.3 Å². The number of aryl methyl sites for hydroxylation is 2. The van der Waals surface area contributed by atoms with Crippen molar-refractivity contribution in [3.8, 4) is 39.5 Å². The summed E-state index contributed by atoms with van der Waals surface area (Å²) in [6.45, 7) is 10.1. The van der Waals surface area contributed by atoms with Gasteiger partial charge in [0.05, 0.1) is 51.9 Å². The topological polar surface area (TPSA) is 87.3 Å². The number of carbonyl (C=O) groups excluding carboxylic acids is 1. The van der Waals surface area contributed by atoms with Gasteiger partial charge < -0.3 is 18.9 Å². The molecule has 1 fully saturated rings. The highest BCUT2D eigenvalue weighted by molar-refractivity contribution is 5.91. The summed E-state index contributed by atoms with van der Waals surface area (Å²) in [5.74, 6) is -0.529. The first-order valence-electron chi connectivity index (χ1n) is 17.3. The minimum Gasteiger partial charge on any atom is -0.489 e. The van der Waals surface area contributed by atoms with Crippen LogP contribution in [0.3, 0.4) is 0 Å². The van der Waals surface area contributed by atoms with Crippen molar-refractivity contribution < 1.29 is 23.0 Å². The van der Waals surface area contributed by atoms with Crippen LogP contribution in [0.25, 0.3) is 44.8 Å². The number of amides is 1. The Labute approximate surface area is 289 Å². The summed E-state index contributed by atoms with van der Waals surface area (Å²) >= 11 is 0. The van der Waals surface area contributed by atoms with Gasteiger partial charge in [-0.2, -0.15) is 5.10 Å². The summed E-state index contributed by atoms with van der Waals surface area (Å²) in [4.78, 5) is 24.7. The number of rotatable bonds is 7. The van der Waals surface area contributed by atoms with E-state index < -0.39 is 11.6 Å². The van der Waals surface area contributed by atoms with Crippen molar-refractivity contribution >= 4 is 16.9 Å². The predicted octanol–water partition coefficient (Wildman–Crippen LogP) is 7.45. The number of hydrogen-bond acceptors (Lipinski definition) is 6. The van der Waals surface area contributed by atoms with E-state index in [1.807, 2.05) is 38.6 Å². The third-order valence-corrected chi connectivity index (χ3v) is 10.8. The van der Waals surface area contributed by atoms with Crippen molar-refractivity contribution in [3.63, 3.8) is 0 Å². The molecule has 258 valence electrons. The first-order chi connectivity index (χ1) is 24.1. The van der Waals surface area contributed by atoms with E-state index in [0.29, 0.717) is 42.8 Å². The molecule has 0 saturated heterocycles. The molecule has 2 aliphatic carbocycles. The normalized spacial score (nSPS) is 21.2. The Morgan fingerprint density at radius 3 is 2.54 bits per heavy atom. The SMILES string of the molecule is C=CC(=O)N1C[C@H](C)n2nc(-c3nc(-c4ccc5c(c4)nc(C)n5C)c4c(c3-c3c(F)cc(F)cc3OC3CC(OC)C3)CCC4)cc2[C@H]1C. The summed E-state index contributed by atoms with van der Waals surface area (Å²) in [7, 11) is 3.65. The van der Waals surface area contributed by atoms with Gasteiger partial charge in [0.1, 0.15) is 35.0 Å². The summed E-state index contributed by atoms with van der Waals surface area (Å²) in [6, 6.07) is 9.91. The number of carbonyl (C=O) groups is 1. The fraction of sp³-hybridized carbons (Fsp3) is 0.385. The lowest BCUT2D eigenvalue weighted by molar-refractivity contribution is -0.129. The molecule has 0 spiro atoms.